The highest BCUT2D eigenvalue weighted by molar-refractivity contribution is 7.89. The zero-order chi connectivity index (χ0) is 10.8. The van der Waals surface area contributed by atoms with Gasteiger partial charge in [-0.15, -0.1) is 0 Å². The van der Waals surface area contributed by atoms with Gasteiger partial charge < -0.3 is 10.3 Å². The van der Waals surface area contributed by atoms with E-state index in [1.165, 1.54) is 7.05 Å². The minimum absolute atomic E-state index is 0.266. The van der Waals surface area contributed by atoms with Gasteiger partial charge in [0.15, 0.2) is 0 Å². The molecule has 0 bridgehead atoms. The summed E-state index contributed by atoms with van der Waals surface area (Å²) in [6.07, 6.45) is 1.59. The van der Waals surface area contributed by atoms with Crippen LogP contribution < -0.4 is 10.5 Å². The van der Waals surface area contributed by atoms with Crippen molar-refractivity contribution < 1.29 is 8.42 Å². The van der Waals surface area contributed by atoms with E-state index < -0.39 is 10.0 Å². The number of nitrogens with zero attached hydrogens (tertiary/aromatic N) is 1. The van der Waals surface area contributed by atoms with Crippen molar-refractivity contribution in [3.8, 4) is 0 Å². The third-order valence-electron chi connectivity index (χ3n) is 2.09. The Kier molecular flexibility index (Phi) is 3.30. The quantitative estimate of drug-likeness (QED) is 0.738. The van der Waals surface area contributed by atoms with E-state index in [-0.39, 0.29) is 4.90 Å². The highest BCUT2D eigenvalue weighted by Gasteiger charge is 2.15. The third-order valence-corrected chi connectivity index (χ3v) is 3.47. The van der Waals surface area contributed by atoms with Crippen molar-refractivity contribution in [1.82, 2.24) is 9.29 Å². The van der Waals surface area contributed by atoms with Crippen molar-refractivity contribution in [3.05, 3.63) is 18.0 Å². The van der Waals surface area contributed by atoms with Gasteiger partial charge in [0.1, 0.15) is 0 Å². The second-order valence-corrected chi connectivity index (χ2v) is 4.75. The highest BCUT2D eigenvalue weighted by atomic mass is 32.2. The van der Waals surface area contributed by atoms with Crippen LogP contribution in [0.2, 0.25) is 0 Å². The molecule has 0 aliphatic carbocycles. The Balaban J connectivity index is 3.20. The predicted octanol–water partition coefficient (Wildman–Crippen LogP) is -0.125. The number of nitrogens with one attached hydrogen (secondary N) is 1. The average Bonchev–Trinajstić information content (AvgIpc) is 2.61. The number of rotatable bonds is 4. The van der Waals surface area contributed by atoms with Gasteiger partial charge >= 0.3 is 0 Å². The summed E-state index contributed by atoms with van der Waals surface area (Å²) in [5.74, 6) is 0. The molecule has 5 nitrogen and oxygen atoms in total. The fraction of sp³-hybridized carbons (Fsp3) is 0.500. The summed E-state index contributed by atoms with van der Waals surface area (Å²) in [6, 6.07) is 1.59. The van der Waals surface area contributed by atoms with Crippen LogP contribution in [0, 0.1) is 0 Å². The standard InChI is InChI=1S/C8H15N3O2S/c1-3-11-6-8(4-7(11)5-9)14(12,13)10-2/h4,6,10H,3,5,9H2,1-2H3. The van der Waals surface area contributed by atoms with Crippen molar-refractivity contribution in [2.75, 3.05) is 7.05 Å². The minimum atomic E-state index is -3.35. The molecule has 1 aromatic heterocycles. The third kappa shape index (κ3) is 1.97. The molecule has 0 amide bonds. The lowest BCUT2D eigenvalue weighted by Gasteiger charge is -2.01. The average molecular weight is 217 g/mol. The Morgan fingerprint density at radius 3 is 2.57 bits per heavy atom. The number of aryl methyl sites for hydroxylation is 1. The molecular formula is C8H15N3O2S. The van der Waals surface area contributed by atoms with Crippen molar-refractivity contribution in [2.24, 2.45) is 5.73 Å². The van der Waals surface area contributed by atoms with E-state index in [4.69, 9.17) is 5.73 Å². The lowest BCUT2D eigenvalue weighted by Crippen LogP contribution is -2.17. The lowest BCUT2D eigenvalue weighted by atomic mass is 10.4. The minimum Gasteiger partial charge on any atom is -0.349 e. The molecule has 0 aromatic carbocycles. The Morgan fingerprint density at radius 1 is 1.57 bits per heavy atom. The lowest BCUT2D eigenvalue weighted by molar-refractivity contribution is 0.588. The summed E-state index contributed by atoms with van der Waals surface area (Å²) in [7, 11) is -1.96. The highest BCUT2D eigenvalue weighted by Crippen LogP contribution is 2.13. The Labute approximate surface area is 84.0 Å². The van der Waals surface area contributed by atoms with Crippen LogP contribution in [0.4, 0.5) is 0 Å². The summed E-state index contributed by atoms with van der Waals surface area (Å²) in [4.78, 5) is 0.266. The largest absolute Gasteiger partial charge is 0.349 e. The van der Waals surface area contributed by atoms with E-state index in [9.17, 15) is 8.42 Å². The van der Waals surface area contributed by atoms with Crippen molar-refractivity contribution >= 4 is 10.0 Å². The molecule has 6 heteroatoms. The number of hydrogen-bond donors (Lipinski definition) is 2. The Morgan fingerprint density at radius 2 is 2.21 bits per heavy atom. The van der Waals surface area contributed by atoms with Crippen LogP contribution in [0.15, 0.2) is 17.2 Å². The van der Waals surface area contributed by atoms with Crippen LogP contribution in [-0.2, 0) is 23.1 Å². The maximum Gasteiger partial charge on any atom is 0.241 e. The fourth-order valence-electron chi connectivity index (χ4n) is 1.26. The summed E-state index contributed by atoms with van der Waals surface area (Å²) in [5.41, 5.74) is 6.31. The first kappa shape index (κ1) is 11.2. The van der Waals surface area contributed by atoms with E-state index in [0.717, 1.165) is 5.69 Å². The molecule has 1 aromatic rings. The molecule has 0 aliphatic rings. The molecular weight excluding hydrogens is 202 g/mol. The predicted molar refractivity (Wildman–Crippen MR) is 54.2 cm³/mol. The van der Waals surface area contributed by atoms with Gasteiger partial charge in [-0.1, -0.05) is 0 Å². The van der Waals surface area contributed by atoms with Crippen molar-refractivity contribution in [3.63, 3.8) is 0 Å². The van der Waals surface area contributed by atoms with Crippen LogP contribution in [0.25, 0.3) is 0 Å². The van der Waals surface area contributed by atoms with Gasteiger partial charge in [-0.2, -0.15) is 0 Å². The summed E-state index contributed by atoms with van der Waals surface area (Å²) < 4.78 is 27.0. The van der Waals surface area contributed by atoms with Crippen LogP contribution in [-0.4, -0.2) is 20.0 Å². The molecule has 0 aliphatic heterocycles. The van der Waals surface area contributed by atoms with E-state index in [2.05, 4.69) is 4.72 Å². The normalized spacial score (nSPS) is 11.9. The van der Waals surface area contributed by atoms with E-state index >= 15 is 0 Å². The molecule has 1 rings (SSSR count). The summed E-state index contributed by atoms with van der Waals surface area (Å²) in [6.45, 7) is 2.99. The Hall–Kier alpha value is -0.850. The van der Waals surface area contributed by atoms with Crippen LogP contribution >= 0.6 is 0 Å². The van der Waals surface area contributed by atoms with E-state index in [1.54, 1.807) is 12.3 Å². The Bertz CT molecular complexity index is 387. The van der Waals surface area contributed by atoms with Crippen LogP contribution in [0.3, 0.4) is 0 Å². The van der Waals surface area contributed by atoms with E-state index in [0.29, 0.717) is 13.1 Å². The van der Waals surface area contributed by atoms with E-state index in [1.807, 2.05) is 11.5 Å². The van der Waals surface area contributed by atoms with Gasteiger partial charge in [0, 0.05) is 25.0 Å². The second-order valence-electron chi connectivity index (χ2n) is 2.86. The zero-order valence-corrected chi connectivity index (χ0v) is 9.13. The summed E-state index contributed by atoms with van der Waals surface area (Å²) >= 11 is 0. The van der Waals surface area contributed by atoms with Gasteiger partial charge in [-0.25, -0.2) is 13.1 Å². The first-order chi connectivity index (χ1) is 6.55. The maximum atomic E-state index is 11.4. The SMILES string of the molecule is CCn1cc(S(=O)(=O)NC)cc1CN. The molecule has 0 fully saturated rings. The van der Waals surface area contributed by atoms with Crippen LogP contribution in [0.1, 0.15) is 12.6 Å². The number of nitrogens with two attached hydrogens (primary N) is 1. The van der Waals surface area contributed by atoms with Crippen LogP contribution in [0.5, 0.6) is 0 Å². The van der Waals surface area contributed by atoms with Crippen molar-refractivity contribution in [1.29, 1.82) is 0 Å². The molecule has 0 saturated carbocycles. The molecule has 0 saturated heterocycles. The molecule has 0 spiro atoms. The number of hydrogen-bond acceptors (Lipinski definition) is 3. The van der Waals surface area contributed by atoms with Gasteiger partial charge in [0.05, 0.1) is 4.90 Å². The molecule has 0 unspecified atom stereocenters. The molecule has 0 atom stereocenters. The number of aromatic nitrogens is 1. The van der Waals surface area contributed by atoms with Gasteiger partial charge in [0.25, 0.3) is 0 Å². The fourth-order valence-corrected chi connectivity index (χ4v) is 2.05. The maximum absolute atomic E-state index is 11.4. The molecule has 1 heterocycles. The topological polar surface area (TPSA) is 77.1 Å². The summed E-state index contributed by atoms with van der Waals surface area (Å²) in [5, 5.41) is 0. The van der Waals surface area contributed by atoms with Gasteiger partial charge in [-0.3, -0.25) is 0 Å². The first-order valence-corrected chi connectivity index (χ1v) is 5.86. The number of sulfonamides is 1. The molecule has 0 radical (unpaired) electrons. The molecule has 3 N–H and O–H groups in total. The second kappa shape index (κ2) is 4.12. The first-order valence-electron chi connectivity index (χ1n) is 4.37. The molecule has 80 valence electrons. The zero-order valence-electron chi connectivity index (χ0n) is 8.32. The van der Waals surface area contributed by atoms with Crippen molar-refractivity contribution in [2.45, 2.75) is 24.9 Å². The smallest absolute Gasteiger partial charge is 0.241 e. The van der Waals surface area contributed by atoms with Gasteiger partial charge in [0.2, 0.25) is 10.0 Å². The molecule has 14 heavy (non-hydrogen) atoms. The monoisotopic (exact) mass is 217 g/mol. The van der Waals surface area contributed by atoms with Gasteiger partial charge in [-0.05, 0) is 20.0 Å².